The Morgan fingerprint density at radius 3 is 2.40 bits per heavy atom. The van der Waals surface area contributed by atoms with Crippen molar-refractivity contribution in [1.29, 1.82) is 0 Å². The van der Waals surface area contributed by atoms with Crippen LogP contribution in [0.3, 0.4) is 0 Å². The molecule has 1 aromatic carbocycles. The quantitative estimate of drug-likeness (QED) is 0.784. The van der Waals surface area contributed by atoms with E-state index in [2.05, 4.69) is 10.0 Å². The SMILES string of the molecule is COC[C@@H](C)NS(=O)(=O)c1ccc(NC(=O)c2cc(C)oc2C)cc1. The Balaban J connectivity index is 2.09. The zero-order valence-corrected chi connectivity index (χ0v) is 15.4. The van der Waals surface area contributed by atoms with E-state index in [9.17, 15) is 13.2 Å². The van der Waals surface area contributed by atoms with Crippen molar-refractivity contribution in [1.82, 2.24) is 4.72 Å². The standard InChI is InChI=1S/C17H22N2O5S/c1-11(10-23-4)19-25(21,22)15-7-5-14(6-8-15)18-17(20)16-9-12(2)24-13(16)3/h5-9,11,19H,10H2,1-4H3,(H,18,20)/t11-/m1/s1. The lowest BCUT2D eigenvalue weighted by Gasteiger charge is -2.13. The number of hydrogen-bond donors (Lipinski definition) is 2. The average molecular weight is 366 g/mol. The molecule has 1 aromatic heterocycles. The number of anilines is 1. The number of hydrogen-bond acceptors (Lipinski definition) is 5. The van der Waals surface area contributed by atoms with Gasteiger partial charge >= 0.3 is 0 Å². The zero-order valence-electron chi connectivity index (χ0n) is 14.6. The molecule has 0 aliphatic carbocycles. The highest BCUT2D eigenvalue weighted by molar-refractivity contribution is 7.89. The zero-order chi connectivity index (χ0) is 18.6. The summed E-state index contributed by atoms with van der Waals surface area (Å²) >= 11 is 0. The number of amides is 1. The first kappa shape index (κ1) is 19.2. The van der Waals surface area contributed by atoms with Crippen molar-refractivity contribution in [2.45, 2.75) is 31.7 Å². The molecule has 136 valence electrons. The van der Waals surface area contributed by atoms with Crippen LogP contribution in [-0.4, -0.2) is 34.1 Å². The fraction of sp³-hybridized carbons (Fsp3) is 0.353. The number of ether oxygens (including phenoxy) is 1. The second-order valence-corrected chi connectivity index (χ2v) is 7.50. The second-order valence-electron chi connectivity index (χ2n) is 5.78. The highest BCUT2D eigenvalue weighted by Crippen LogP contribution is 2.18. The van der Waals surface area contributed by atoms with E-state index in [1.165, 1.54) is 31.4 Å². The van der Waals surface area contributed by atoms with Crippen LogP contribution in [0, 0.1) is 13.8 Å². The second kappa shape index (κ2) is 7.81. The lowest BCUT2D eigenvalue weighted by molar-refractivity contribution is 0.102. The van der Waals surface area contributed by atoms with Crippen molar-refractivity contribution >= 4 is 21.6 Å². The van der Waals surface area contributed by atoms with Gasteiger partial charge in [-0.2, -0.15) is 0 Å². The minimum Gasteiger partial charge on any atom is -0.466 e. The number of aryl methyl sites for hydroxylation is 2. The summed E-state index contributed by atoms with van der Waals surface area (Å²) in [6.45, 7) is 5.47. The number of sulfonamides is 1. The molecule has 0 saturated carbocycles. The van der Waals surface area contributed by atoms with Gasteiger partial charge in [-0.15, -0.1) is 0 Å². The minimum absolute atomic E-state index is 0.115. The summed E-state index contributed by atoms with van der Waals surface area (Å²) in [5.41, 5.74) is 0.941. The summed E-state index contributed by atoms with van der Waals surface area (Å²) in [4.78, 5) is 12.3. The molecule has 2 N–H and O–H groups in total. The van der Waals surface area contributed by atoms with Crippen molar-refractivity contribution in [3.05, 3.63) is 47.4 Å². The van der Waals surface area contributed by atoms with E-state index in [-0.39, 0.29) is 23.5 Å². The molecule has 1 amide bonds. The molecule has 1 heterocycles. The molecule has 8 heteroatoms. The van der Waals surface area contributed by atoms with Crippen molar-refractivity contribution in [2.24, 2.45) is 0 Å². The molecule has 0 aliphatic heterocycles. The maximum Gasteiger partial charge on any atom is 0.259 e. The van der Waals surface area contributed by atoms with Crippen molar-refractivity contribution in [3.8, 4) is 0 Å². The van der Waals surface area contributed by atoms with Crippen LogP contribution < -0.4 is 10.0 Å². The van der Waals surface area contributed by atoms with Gasteiger partial charge < -0.3 is 14.5 Å². The Bertz CT molecular complexity index is 840. The van der Waals surface area contributed by atoms with E-state index >= 15 is 0 Å². The number of benzene rings is 1. The summed E-state index contributed by atoms with van der Waals surface area (Å²) in [6.07, 6.45) is 0. The Morgan fingerprint density at radius 1 is 1.24 bits per heavy atom. The molecule has 0 unspecified atom stereocenters. The van der Waals surface area contributed by atoms with E-state index in [1.807, 2.05) is 0 Å². The predicted octanol–water partition coefficient (Wildman–Crippen LogP) is 2.46. The number of nitrogens with one attached hydrogen (secondary N) is 2. The van der Waals surface area contributed by atoms with Crippen molar-refractivity contribution in [2.75, 3.05) is 19.0 Å². The molecule has 0 fully saturated rings. The first-order chi connectivity index (χ1) is 11.7. The molecule has 0 spiro atoms. The summed E-state index contributed by atoms with van der Waals surface area (Å²) in [7, 11) is -2.13. The average Bonchev–Trinajstić information content (AvgIpc) is 2.86. The number of carbonyl (C=O) groups excluding carboxylic acids is 1. The molecule has 2 rings (SSSR count). The molecular weight excluding hydrogens is 344 g/mol. The van der Waals surface area contributed by atoms with E-state index in [4.69, 9.17) is 9.15 Å². The van der Waals surface area contributed by atoms with E-state index in [0.717, 1.165) is 0 Å². The lowest BCUT2D eigenvalue weighted by atomic mass is 10.2. The summed E-state index contributed by atoms with van der Waals surface area (Å²) in [6, 6.07) is 7.26. The van der Waals surface area contributed by atoms with Crippen LogP contribution >= 0.6 is 0 Å². The maximum absolute atomic E-state index is 12.3. The normalized spacial score (nSPS) is 12.8. The maximum atomic E-state index is 12.3. The Hall–Kier alpha value is -2.16. The van der Waals surface area contributed by atoms with E-state index in [1.54, 1.807) is 26.8 Å². The molecule has 0 radical (unpaired) electrons. The first-order valence-corrected chi connectivity index (χ1v) is 9.21. The number of methoxy groups -OCH3 is 1. The van der Waals surface area contributed by atoms with Gasteiger partial charge in [-0.1, -0.05) is 0 Å². The summed E-state index contributed by atoms with van der Waals surface area (Å²) < 4.78 is 37.3. The number of carbonyl (C=O) groups is 1. The Labute approximate surface area is 147 Å². The monoisotopic (exact) mass is 366 g/mol. The first-order valence-electron chi connectivity index (χ1n) is 7.72. The van der Waals surface area contributed by atoms with Crippen LogP contribution in [0.15, 0.2) is 39.6 Å². The van der Waals surface area contributed by atoms with Gasteiger partial charge in [0.15, 0.2) is 0 Å². The van der Waals surface area contributed by atoms with Gasteiger partial charge in [0.2, 0.25) is 10.0 Å². The number of furan rings is 1. The van der Waals surface area contributed by atoms with Gasteiger partial charge in [0.05, 0.1) is 17.1 Å². The summed E-state index contributed by atoms with van der Waals surface area (Å²) in [5, 5.41) is 2.72. The fourth-order valence-electron chi connectivity index (χ4n) is 2.39. The third-order valence-corrected chi connectivity index (χ3v) is 5.09. The van der Waals surface area contributed by atoms with Crippen molar-refractivity contribution in [3.63, 3.8) is 0 Å². The molecule has 0 bridgehead atoms. The van der Waals surface area contributed by atoms with Gasteiger partial charge in [-0.05, 0) is 51.1 Å². The third kappa shape index (κ3) is 4.91. The van der Waals surface area contributed by atoms with Crippen LogP contribution in [0.5, 0.6) is 0 Å². The van der Waals surface area contributed by atoms with Gasteiger partial charge in [-0.25, -0.2) is 13.1 Å². The number of rotatable bonds is 7. The molecule has 0 aliphatic rings. The van der Waals surface area contributed by atoms with Crippen LogP contribution in [0.25, 0.3) is 0 Å². The highest BCUT2D eigenvalue weighted by Gasteiger charge is 2.18. The van der Waals surface area contributed by atoms with Crippen LogP contribution in [0.1, 0.15) is 28.8 Å². The fourth-order valence-corrected chi connectivity index (χ4v) is 3.62. The molecule has 2 aromatic rings. The molecular formula is C17H22N2O5S. The highest BCUT2D eigenvalue weighted by atomic mass is 32.2. The smallest absolute Gasteiger partial charge is 0.259 e. The molecule has 25 heavy (non-hydrogen) atoms. The Morgan fingerprint density at radius 2 is 1.88 bits per heavy atom. The minimum atomic E-state index is -3.64. The van der Waals surface area contributed by atoms with Gasteiger partial charge in [0.25, 0.3) is 5.91 Å². The van der Waals surface area contributed by atoms with Crippen molar-refractivity contribution < 1.29 is 22.4 Å². The third-order valence-electron chi connectivity index (χ3n) is 3.48. The van der Waals surface area contributed by atoms with E-state index < -0.39 is 10.0 Å². The lowest BCUT2D eigenvalue weighted by Crippen LogP contribution is -2.35. The van der Waals surface area contributed by atoms with Crippen LogP contribution in [0.4, 0.5) is 5.69 Å². The van der Waals surface area contributed by atoms with Gasteiger partial charge in [-0.3, -0.25) is 4.79 Å². The van der Waals surface area contributed by atoms with Gasteiger partial charge in [0.1, 0.15) is 11.5 Å². The predicted molar refractivity (Wildman–Crippen MR) is 94.2 cm³/mol. The largest absolute Gasteiger partial charge is 0.466 e. The molecule has 7 nitrogen and oxygen atoms in total. The van der Waals surface area contributed by atoms with Crippen LogP contribution in [0.2, 0.25) is 0 Å². The van der Waals surface area contributed by atoms with Crippen LogP contribution in [-0.2, 0) is 14.8 Å². The topological polar surface area (TPSA) is 97.6 Å². The molecule has 1 atom stereocenters. The molecule has 0 saturated heterocycles. The van der Waals surface area contributed by atoms with Gasteiger partial charge in [0, 0.05) is 18.8 Å². The van der Waals surface area contributed by atoms with E-state index in [0.29, 0.717) is 22.8 Å². The summed E-state index contributed by atoms with van der Waals surface area (Å²) in [5.74, 6) is 0.877. The Kier molecular flexibility index (Phi) is 5.99.